The minimum absolute atomic E-state index is 0.139. The van der Waals surface area contributed by atoms with Crippen molar-refractivity contribution in [1.29, 1.82) is 21.0 Å². The predicted octanol–water partition coefficient (Wildman–Crippen LogP) is 9.13. The Kier molecular flexibility index (Phi) is 9.40. The van der Waals surface area contributed by atoms with E-state index < -0.39 is 0 Å². The van der Waals surface area contributed by atoms with Gasteiger partial charge < -0.3 is 19.7 Å². The van der Waals surface area contributed by atoms with Gasteiger partial charge in [0.25, 0.3) is 0 Å². The number of aromatic hydroxyl groups is 2. The van der Waals surface area contributed by atoms with Gasteiger partial charge in [0, 0.05) is 11.8 Å². The van der Waals surface area contributed by atoms with Crippen molar-refractivity contribution >= 4 is 0 Å². The number of nitriles is 4. The van der Waals surface area contributed by atoms with Crippen molar-refractivity contribution in [2.24, 2.45) is 0 Å². The van der Waals surface area contributed by atoms with E-state index in [4.69, 9.17) is 9.47 Å². The Morgan fingerprint density at radius 3 is 0.940 bits per heavy atom. The normalized spacial score (nSPS) is 11.5. The molecular formula is C42H26N4O4. The Morgan fingerprint density at radius 2 is 0.640 bits per heavy atom. The van der Waals surface area contributed by atoms with Crippen LogP contribution in [0.2, 0.25) is 0 Å². The summed E-state index contributed by atoms with van der Waals surface area (Å²) in [6.45, 7) is 0. The number of phenolic OH excluding ortho intramolecular Hbond substituents is 2. The van der Waals surface area contributed by atoms with Crippen molar-refractivity contribution in [2.75, 3.05) is 0 Å². The van der Waals surface area contributed by atoms with Crippen LogP contribution in [0.5, 0.6) is 34.5 Å². The number of hydrogen-bond donors (Lipinski definition) is 2. The summed E-state index contributed by atoms with van der Waals surface area (Å²) >= 11 is 0. The first-order valence-electron chi connectivity index (χ1n) is 15.4. The van der Waals surface area contributed by atoms with E-state index in [0.717, 1.165) is 22.3 Å². The molecule has 2 unspecified atom stereocenters. The second kappa shape index (κ2) is 14.5. The Hall–Kier alpha value is -7.52. The van der Waals surface area contributed by atoms with Crippen molar-refractivity contribution in [3.63, 3.8) is 0 Å². The van der Waals surface area contributed by atoms with E-state index in [2.05, 4.69) is 0 Å². The monoisotopic (exact) mass is 650 g/mol. The number of rotatable bonds is 9. The van der Waals surface area contributed by atoms with E-state index in [0.29, 0.717) is 23.0 Å². The molecule has 0 aromatic heterocycles. The van der Waals surface area contributed by atoms with Gasteiger partial charge in [-0.05, 0) is 107 Å². The summed E-state index contributed by atoms with van der Waals surface area (Å²) in [5.41, 5.74) is 4.76. The molecule has 6 aromatic carbocycles. The quantitative estimate of drug-likeness (QED) is 0.157. The standard InChI is InChI=1S/C42H26N4O4/c43-23-31-9-19-39(21-33(31)25-45)49-37-15-5-29(6-16-37)41(27-1-11-35(47)12-2-27)42(28-3-13-36(48)14-4-28)30-7-17-38(18-8-30)50-40-20-10-32(24-44)34(22-40)26-46/h1-22,41-42,47-48H. The van der Waals surface area contributed by atoms with Gasteiger partial charge in [-0.3, -0.25) is 0 Å². The van der Waals surface area contributed by atoms with Crippen molar-refractivity contribution in [3.05, 3.63) is 178 Å². The number of hydrogen-bond acceptors (Lipinski definition) is 8. The second-order valence-corrected chi connectivity index (χ2v) is 11.3. The van der Waals surface area contributed by atoms with Gasteiger partial charge in [-0.15, -0.1) is 0 Å². The molecule has 6 aromatic rings. The summed E-state index contributed by atoms with van der Waals surface area (Å²) in [7, 11) is 0. The third-order valence-electron chi connectivity index (χ3n) is 8.25. The van der Waals surface area contributed by atoms with Crippen LogP contribution in [0, 0.1) is 45.3 Å². The summed E-state index contributed by atoms with van der Waals surface area (Å²) in [5.74, 6) is 1.68. The second-order valence-electron chi connectivity index (χ2n) is 11.3. The van der Waals surface area contributed by atoms with Crippen molar-refractivity contribution in [2.45, 2.75) is 11.8 Å². The fraction of sp³-hybridized carbons (Fsp3) is 0.0476. The number of nitrogens with zero attached hydrogens (tertiary/aromatic N) is 4. The van der Waals surface area contributed by atoms with Crippen LogP contribution in [0.15, 0.2) is 133 Å². The molecule has 0 aliphatic carbocycles. The van der Waals surface area contributed by atoms with Gasteiger partial charge in [0.1, 0.15) is 58.8 Å². The molecule has 2 atom stereocenters. The molecule has 0 aliphatic rings. The first kappa shape index (κ1) is 32.4. The Morgan fingerprint density at radius 1 is 0.360 bits per heavy atom. The zero-order valence-electron chi connectivity index (χ0n) is 26.4. The molecule has 0 saturated heterocycles. The molecule has 0 heterocycles. The maximum atomic E-state index is 10.1. The number of benzene rings is 6. The molecule has 6 rings (SSSR count). The van der Waals surface area contributed by atoms with Gasteiger partial charge >= 0.3 is 0 Å². The van der Waals surface area contributed by atoms with Crippen LogP contribution < -0.4 is 9.47 Å². The average Bonchev–Trinajstić information content (AvgIpc) is 3.15. The van der Waals surface area contributed by atoms with Gasteiger partial charge in [0.05, 0.1) is 22.3 Å². The molecule has 0 fully saturated rings. The minimum Gasteiger partial charge on any atom is -0.508 e. The van der Waals surface area contributed by atoms with Crippen molar-refractivity contribution in [3.8, 4) is 58.8 Å². The molecule has 0 amide bonds. The van der Waals surface area contributed by atoms with Gasteiger partial charge in [-0.25, -0.2) is 0 Å². The van der Waals surface area contributed by atoms with Crippen molar-refractivity contribution < 1.29 is 19.7 Å². The number of phenols is 2. The van der Waals surface area contributed by atoms with Gasteiger partial charge in [-0.1, -0.05) is 48.5 Å². The largest absolute Gasteiger partial charge is 0.508 e. The first-order valence-corrected chi connectivity index (χ1v) is 15.4. The Bertz CT molecular complexity index is 2160. The SMILES string of the molecule is N#Cc1ccc(Oc2ccc(C(c3ccc(O)cc3)C(c3ccc(O)cc3)c3ccc(Oc4ccc(C#N)c(C#N)c4)cc3)cc2)cc1C#N. The molecule has 0 radical (unpaired) electrons. The molecule has 0 aliphatic heterocycles. The van der Waals surface area contributed by atoms with Crippen LogP contribution in [0.25, 0.3) is 0 Å². The first-order chi connectivity index (χ1) is 24.4. The van der Waals surface area contributed by atoms with Gasteiger partial charge in [0.2, 0.25) is 0 Å². The van der Waals surface area contributed by atoms with E-state index in [1.54, 1.807) is 48.5 Å². The predicted molar refractivity (Wildman–Crippen MR) is 185 cm³/mol. The lowest BCUT2D eigenvalue weighted by Crippen LogP contribution is -2.15. The van der Waals surface area contributed by atoms with E-state index >= 15 is 0 Å². The van der Waals surface area contributed by atoms with Crippen LogP contribution in [0.1, 0.15) is 56.3 Å². The lowest BCUT2D eigenvalue weighted by atomic mass is 9.73. The molecule has 2 N–H and O–H groups in total. The summed E-state index contributed by atoms with van der Waals surface area (Å²) in [6, 6.07) is 46.8. The zero-order valence-corrected chi connectivity index (χ0v) is 26.4. The highest BCUT2D eigenvalue weighted by atomic mass is 16.5. The molecule has 50 heavy (non-hydrogen) atoms. The molecule has 238 valence electrons. The fourth-order valence-corrected chi connectivity index (χ4v) is 5.83. The van der Waals surface area contributed by atoms with Crippen LogP contribution >= 0.6 is 0 Å². The smallest absolute Gasteiger partial charge is 0.128 e. The summed E-state index contributed by atoms with van der Waals surface area (Å²) < 4.78 is 12.1. The zero-order chi connectivity index (χ0) is 35.0. The number of ether oxygens (including phenoxy) is 2. The molecular weight excluding hydrogens is 624 g/mol. The maximum absolute atomic E-state index is 10.1. The molecule has 0 bridgehead atoms. The Balaban J connectivity index is 1.38. The van der Waals surface area contributed by atoms with E-state index in [-0.39, 0.29) is 45.6 Å². The lowest BCUT2D eigenvalue weighted by molar-refractivity contribution is 0.473. The average molecular weight is 651 g/mol. The van der Waals surface area contributed by atoms with Gasteiger partial charge in [0.15, 0.2) is 0 Å². The third kappa shape index (κ3) is 7.07. The summed E-state index contributed by atoms with van der Waals surface area (Å²) in [6.07, 6.45) is 0. The molecule has 0 saturated carbocycles. The highest BCUT2D eigenvalue weighted by Gasteiger charge is 2.29. The highest BCUT2D eigenvalue weighted by molar-refractivity contribution is 5.53. The summed E-state index contributed by atoms with van der Waals surface area (Å²) in [4.78, 5) is 0. The molecule has 8 nitrogen and oxygen atoms in total. The highest BCUT2D eigenvalue weighted by Crippen LogP contribution is 2.44. The van der Waals surface area contributed by atoms with E-state index in [1.807, 2.05) is 97.1 Å². The Labute approximate surface area is 288 Å². The maximum Gasteiger partial charge on any atom is 0.128 e. The van der Waals surface area contributed by atoms with Crippen LogP contribution in [-0.2, 0) is 0 Å². The van der Waals surface area contributed by atoms with Crippen LogP contribution in [0.3, 0.4) is 0 Å². The van der Waals surface area contributed by atoms with Crippen LogP contribution in [-0.4, -0.2) is 10.2 Å². The minimum atomic E-state index is -0.266. The van der Waals surface area contributed by atoms with Crippen LogP contribution in [0.4, 0.5) is 0 Å². The topological polar surface area (TPSA) is 154 Å². The van der Waals surface area contributed by atoms with Crippen molar-refractivity contribution in [1.82, 2.24) is 0 Å². The summed E-state index contributed by atoms with van der Waals surface area (Å²) in [5, 5.41) is 57.7. The van der Waals surface area contributed by atoms with E-state index in [1.165, 1.54) is 12.1 Å². The molecule has 8 heteroatoms. The third-order valence-corrected chi connectivity index (χ3v) is 8.25. The van der Waals surface area contributed by atoms with E-state index in [9.17, 15) is 31.3 Å². The molecule has 0 spiro atoms. The fourth-order valence-electron chi connectivity index (χ4n) is 5.83. The van der Waals surface area contributed by atoms with Gasteiger partial charge in [-0.2, -0.15) is 21.0 Å². The lowest BCUT2D eigenvalue weighted by Gasteiger charge is -2.30.